The molecule has 1 saturated carbocycles. The number of likely N-dealkylation sites (tertiary alicyclic amines) is 2. The first-order valence-electron chi connectivity index (χ1n) is 15.3. The standard InChI is InChI=1S/C36H34N2O7/c1-44-27-15-22(16-28(45-2)32(27)39)29-23-13-14-24-30(35(42)37(33(24)40)18-20-9-5-3-6-10-20)25(23)17-26-31(29)36(43)38(34(26)41)19-21-11-7-4-8-12-21/h3-13,15-16,24-26,29-31,39H,14,17-19H2,1-2H3. The number of carbonyl (C=O) groups excluding carboxylic acids is 4. The number of nitrogens with zero attached hydrogens (tertiary/aromatic N) is 2. The van der Waals surface area contributed by atoms with E-state index in [4.69, 9.17) is 9.47 Å². The third-order valence-corrected chi connectivity index (χ3v) is 10.1. The van der Waals surface area contributed by atoms with Crippen LogP contribution in [-0.2, 0) is 32.3 Å². The molecule has 4 aliphatic rings. The second kappa shape index (κ2) is 11.2. The fraction of sp³-hybridized carbons (Fsp3) is 0.333. The number of aromatic hydroxyl groups is 1. The van der Waals surface area contributed by atoms with Crippen LogP contribution < -0.4 is 9.47 Å². The summed E-state index contributed by atoms with van der Waals surface area (Å²) in [6.45, 7) is 0.343. The Balaban J connectivity index is 1.31. The summed E-state index contributed by atoms with van der Waals surface area (Å²) in [5.41, 5.74) is 3.22. The topological polar surface area (TPSA) is 113 Å². The maximum Gasteiger partial charge on any atom is 0.234 e. The maximum absolute atomic E-state index is 14.2. The van der Waals surface area contributed by atoms with E-state index in [1.54, 1.807) is 12.1 Å². The number of rotatable bonds is 7. The van der Waals surface area contributed by atoms with Crippen molar-refractivity contribution in [2.75, 3.05) is 14.2 Å². The Morgan fingerprint density at radius 2 is 1.20 bits per heavy atom. The lowest BCUT2D eigenvalue weighted by atomic mass is 9.57. The van der Waals surface area contributed by atoms with Crippen LogP contribution in [0.15, 0.2) is 84.4 Å². The maximum atomic E-state index is 14.2. The number of allylic oxidation sites excluding steroid dienone is 2. The molecule has 0 bridgehead atoms. The zero-order valence-electron chi connectivity index (χ0n) is 25.1. The monoisotopic (exact) mass is 606 g/mol. The molecule has 4 amide bonds. The Bertz CT molecular complexity index is 1690. The van der Waals surface area contributed by atoms with Gasteiger partial charge in [0.15, 0.2) is 11.5 Å². The van der Waals surface area contributed by atoms with Gasteiger partial charge >= 0.3 is 0 Å². The zero-order chi connectivity index (χ0) is 31.4. The van der Waals surface area contributed by atoms with Crippen LogP contribution in [0.3, 0.4) is 0 Å². The number of fused-ring (bicyclic) bond motifs is 4. The number of imide groups is 2. The minimum atomic E-state index is -0.716. The van der Waals surface area contributed by atoms with Crippen molar-refractivity contribution in [1.29, 1.82) is 0 Å². The minimum Gasteiger partial charge on any atom is -0.502 e. The highest BCUT2D eigenvalue weighted by atomic mass is 16.5. The van der Waals surface area contributed by atoms with Gasteiger partial charge in [0.25, 0.3) is 0 Å². The molecule has 3 fully saturated rings. The number of methoxy groups -OCH3 is 2. The summed E-state index contributed by atoms with van der Waals surface area (Å²) in [5.74, 6) is -4.33. The Morgan fingerprint density at radius 1 is 0.689 bits per heavy atom. The second-order valence-corrected chi connectivity index (χ2v) is 12.3. The largest absolute Gasteiger partial charge is 0.502 e. The molecule has 2 aliphatic carbocycles. The Hall–Kier alpha value is -4.92. The first-order chi connectivity index (χ1) is 21.8. The zero-order valence-corrected chi connectivity index (χ0v) is 25.1. The number of carbonyl (C=O) groups is 4. The summed E-state index contributed by atoms with van der Waals surface area (Å²) in [5, 5.41) is 10.7. The molecule has 9 nitrogen and oxygen atoms in total. The Labute approximate surface area is 261 Å². The number of benzene rings is 3. The van der Waals surface area contributed by atoms with Crippen LogP contribution in [0.25, 0.3) is 0 Å². The molecule has 3 aromatic rings. The Morgan fingerprint density at radius 3 is 1.73 bits per heavy atom. The quantitative estimate of drug-likeness (QED) is 0.312. The van der Waals surface area contributed by atoms with Gasteiger partial charge in [-0.3, -0.25) is 29.0 Å². The van der Waals surface area contributed by atoms with Gasteiger partial charge in [0, 0.05) is 5.92 Å². The van der Waals surface area contributed by atoms with Gasteiger partial charge in [-0.05, 0) is 47.6 Å². The normalized spacial score (nSPS) is 27.2. The van der Waals surface area contributed by atoms with Crippen LogP contribution in [0.2, 0.25) is 0 Å². The highest BCUT2D eigenvalue weighted by Crippen LogP contribution is 2.59. The molecule has 0 spiro atoms. The van der Waals surface area contributed by atoms with E-state index >= 15 is 0 Å². The van der Waals surface area contributed by atoms with Crippen molar-refractivity contribution in [3.63, 3.8) is 0 Å². The van der Waals surface area contributed by atoms with Crippen LogP contribution in [0.5, 0.6) is 17.2 Å². The summed E-state index contributed by atoms with van der Waals surface area (Å²) < 4.78 is 10.9. The summed E-state index contributed by atoms with van der Waals surface area (Å²) >= 11 is 0. The van der Waals surface area contributed by atoms with Crippen molar-refractivity contribution >= 4 is 23.6 Å². The van der Waals surface area contributed by atoms with E-state index in [9.17, 15) is 24.3 Å². The van der Waals surface area contributed by atoms with E-state index in [2.05, 4.69) is 0 Å². The Kier molecular flexibility index (Phi) is 7.19. The van der Waals surface area contributed by atoms with Gasteiger partial charge in [0.2, 0.25) is 29.4 Å². The number of ether oxygens (including phenoxy) is 2. The number of hydrogen-bond acceptors (Lipinski definition) is 7. The predicted molar refractivity (Wildman–Crippen MR) is 163 cm³/mol. The molecule has 2 aliphatic heterocycles. The lowest BCUT2D eigenvalue weighted by Gasteiger charge is -2.44. The second-order valence-electron chi connectivity index (χ2n) is 12.3. The molecule has 0 radical (unpaired) electrons. The average Bonchev–Trinajstić information content (AvgIpc) is 3.44. The van der Waals surface area contributed by atoms with Gasteiger partial charge in [-0.2, -0.15) is 0 Å². The van der Waals surface area contributed by atoms with Crippen molar-refractivity contribution < 1.29 is 33.8 Å². The number of phenols is 1. The average molecular weight is 607 g/mol. The fourth-order valence-corrected chi connectivity index (χ4v) is 8.03. The summed E-state index contributed by atoms with van der Waals surface area (Å²) in [6.07, 6.45) is 2.67. The smallest absolute Gasteiger partial charge is 0.234 e. The van der Waals surface area contributed by atoms with E-state index in [0.717, 1.165) is 16.7 Å². The first kappa shape index (κ1) is 28.8. The molecule has 7 rings (SSSR count). The molecule has 1 N–H and O–H groups in total. The van der Waals surface area contributed by atoms with Gasteiger partial charge in [-0.15, -0.1) is 0 Å². The van der Waals surface area contributed by atoms with Crippen molar-refractivity contribution in [3.8, 4) is 17.2 Å². The minimum absolute atomic E-state index is 0.151. The van der Waals surface area contributed by atoms with Crippen molar-refractivity contribution in [3.05, 3.63) is 101 Å². The molecular weight excluding hydrogens is 572 g/mol. The third-order valence-electron chi connectivity index (χ3n) is 10.1. The fourth-order valence-electron chi connectivity index (χ4n) is 8.03. The number of phenolic OH excluding ortho intramolecular Hbond substituents is 1. The van der Waals surface area contributed by atoms with E-state index in [0.29, 0.717) is 18.4 Å². The van der Waals surface area contributed by atoms with Crippen LogP contribution in [-0.4, -0.2) is 52.8 Å². The van der Waals surface area contributed by atoms with Gasteiger partial charge in [-0.25, -0.2) is 0 Å². The molecule has 6 unspecified atom stereocenters. The SMILES string of the molecule is COc1cc(C2C3=CCC4C(=O)N(Cc5ccccc5)C(=O)C4C3CC3C(=O)N(Cc4ccccc4)C(=O)C32)cc(OC)c1O. The number of hydrogen-bond donors (Lipinski definition) is 1. The highest BCUT2D eigenvalue weighted by molar-refractivity contribution is 6.08. The van der Waals surface area contributed by atoms with Crippen LogP contribution in [0.4, 0.5) is 0 Å². The van der Waals surface area contributed by atoms with Gasteiger partial charge < -0.3 is 14.6 Å². The van der Waals surface area contributed by atoms with Crippen molar-refractivity contribution in [2.45, 2.75) is 31.8 Å². The summed E-state index contributed by atoms with van der Waals surface area (Å²) in [6, 6.07) is 22.2. The molecule has 3 aromatic carbocycles. The van der Waals surface area contributed by atoms with Gasteiger partial charge in [0.05, 0.1) is 51.0 Å². The van der Waals surface area contributed by atoms with E-state index < -0.39 is 35.5 Å². The van der Waals surface area contributed by atoms with E-state index in [1.807, 2.05) is 66.7 Å². The molecule has 2 heterocycles. The van der Waals surface area contributed by atoms with Crippen LogP contribution in [0, 0.1) is 29.6 Å². The summed E-state index contributed by atoms with van der Waals surface area (Å²) in [4.78, 5) is 58.8. The van der Waals surface area contributed by atoms with Crippen molar-refractivity contribution in [1.82, 2.24) is 9.80 Å². The summed E-state index contributed by atoms with van der Waals surface area (Å²) in [7, 11) is 2.87. The van der Waals surface area contributed by atoms with Crippen LogP contribution in [0.1, 0.15) is 35.4 Å². The molecule has 0 aromatic heterocycles. The van der Waals surface area contributed by atoms with Gasteiger partial charge in [0.1, 0.15) is 0 Å². The molecule has 2 saturated heterocycles. The molecule has 45 heavy (non-hydrogen) atoms. The van der Waals surface area contributed by atoms with Crippen LogP contribution >= 0.6 is 0 Å². The van der Waals surface area contributed by atoms with E-state index in [1.165, 1.54) is 24.0 Å². The van der Waals surface area contributed by atoms with E-state index in [-0.39, 0.29) is 54.0 Å². The molecular formula is C36H34N2O7. The first-order valence-corrected chi connectivity index (χ1v) is 15.3. The molecule has 9 heteroatoms. The lowest BCUT2D eigenvalue weighted by Crippen LogP contribution is -2.43. The highest BCUT2D eigenvalue weighted by Gasteiger charge is 2.62. The number of amides is 4. The van der Waals surface area contributed by atoms with Crippen molar-refractivity contribution in [2.24, 2.45) is 29.6 Å². The third kappa shape index (κ3) is 4.60. The molecule has 6 atom stereocenters. The molecule has 230 valence electrons. The van der Waals surface area contributed by atoms with Gasteiger partial charge in [-0.1, -0.05) is 72.3 Å². The lowest BCUT2D eigenvalue weighted by molar-refractivity contribution is -0.142. The predicted octanol–water partition coefficient (Wildman–Crippen LogP) is 4.45.